The molecule has 15 heavy (non-hydrogen) atoms. The van der Waals surface area contributed by atoms with Crippen LogP contribution in [0.15, 0.2) is 29.5 Å². The van der Waals surface area contributed by atoms with E-state index < -0.39 is 0 Å². The highest BCUT2D eigenvalue weighted by molar-refractivity contribution is 7.80. The van der Waals surface area contributed by atoms with Crippen LogP contribution < -0.4 is 5.43 Å². The molecule has 1 rings (SSSR count). The number of nitrogens with one attached hydrogen (secondary N) is 1. The number of thiocarbonyl (C=S) groups is 1. The maximum atomic E-state index is 5.03. The molecular formula is C10H14N4S. The Balaban J connectivity index is 2.65. The summed E-state index contributed by atoms with van der Waals surface area (Å²) in [5.41, 5.74) is 4.43. The molecule has 0 unspecified atom stereocenters. The predicted molar refractivity (Wildman–Crippen MR) is 65.9 cm³/mol. The van der Waals surface area contributed by atoms with Crippen LogP contribution in [0.4, 0.5) is 0 Å². The molecule has 1 aromatic heterocycles. The van der Waals surface area contributed by atoms with Crippen molar-refractivity contribution in [1.29, 1.82) is 0 Å². The Labute approximate surface area is 95.0 Å². The summed E-state index contributed by atoms with van der Waals surface area (Å²) >= 11 is 5.03. The maximum absolute atomic E-state index is 5.03. The first-order chi connectivity index (χ1) is 7.11. The zero-order valence-electron chi connectivity index (χ0n) is 9.06. The predicted octanol–water partition coefficient (Wildman–Crippen LogP) is 1.24. The van der Waals surface area contributed by atoms with Crippen LogP contribution >= 0.6 is 12.2 Å². The molecule has 1 N–H and O–H groups in total. The number of aromatic nitrogens is 1. The lowest BCUT2D eigenvalue weighted by Gasteiger charge is -2.12. The summed E-state index contributed by atoms with van der Waals surface area (Å²) in [4.78, 5) is 5.96. The van der Waals surface area contributed by atoms with E-state index in [4.69, 9.17) is 12.2 Å². The molecule has 0 spiro atoms. The molecule has 80 valence electrons. The topological polar surface area (TPSA) is 40.5 Å². The molecule has 0 aliphatic rings. The molecule has 0 radical (unpaired) electrons. The van der Waals surface area contributed by atoms with Crippen molar-refractivity contribution in [3.8, 4) is 0 Å². The first kappa shape index (κ1) is 11.6. The third kappa shape index (κ3) is 3.63. The first-order valence-corrected chi connectivity index (χ1v) is 4.95. The molecule has 0 aliphatic heterocycles. The van der Waals surface area contributed by atoms with Gasteiger partial charge in [-0.15, -0.1) is 0 Å². The van der Waals surface area contributed by atoms with Gasteiger partial charge in [-0.1, -0.05) is 6.07 Å². The summed E-state index contributed by atoms with van der Waals surface area (Å²) in [5.74, 6) is 0. The number of hydrazone groups is 1. The zero-order valence-corrected chi connectivity index (χ0v) is 9.88. The third-order valence-electron chi connectivity index (χ3n) is 1.76. The van der Waals surface area contributed by atoms with Crippen molar-refractivity contribution in [2.24, 2.45) is 5.10 Å². The average Bonchev–Trinajstić information content (AvgIpc) is 2.26. The van der Waals surface area contributed by atoms with Crippen LogP contribution in [-0.4, -0.2) is 34.8 Å². The molecular weight excluding hydrogens is 208 g/mol. The molecule has 0 aliphatic carbocycles. The van der Waals surface area contributed by atoms with Gasteiger partial charge in [-0.2, -0.15) is 5.10 Å². The van der Waals surface area contributed by atoms with Gasteiger partial charge in [-0.3, -0.25) is 10.4 Å². The minimum Gasteiger partial charge on any atom is -0.354 e. The van der Waals surface area contributed by atoms with Crippen molar-refractivity contribution >= 4 is 23.0 Å². The van der Waals surface area contributed by atoms with Crippen LogP contribution in [0.5, 0.6) is 0 Å². The molecule has 1 aromatic rings. The van der Waals surface area contributed by atoms with Crippen LogP contribution in [-0.2, 0) is 0 Å². The van der Waals surface area contributed by atoms with Gasteiger partial charge < -0.3 is 4.90 Å². The summed E-state index contributed by atoms with van der Waals surface area (Å²) in [6.07, 6.45) is 1.73. The fourth-order valence-corrected chi connectivity index (χ4v) is 0.911. The maximum Gasteiger partial charge on any atom is 0.189 e. The van der Waals surface area contributed by atoms with Gasteiger partial charge in [0, 0.05) is 20.3 Å². The highest BCUT2D eigenvalue weighted by atomic mass is 32.1. The quantitative estimate of drug-likeness (QED) is 0.464. The monoisotopic (exact) mass is 222 g/mol. The highest BCUT2D eigenvalue weighted by Crippen LogP contribution is 1.95. The number of pyridine rings is 1. The van der Waals surface area contributed by atoms with E-state index in [-0.39, 0.29) is 0 Å². The molecule has 1 heterocycles. The zero-order chi connectivity index (χ0) is 11.3. The minimum absolute atomic E-state index is 0.574. The van der Waals surface area contributed by atoms with E-state index >= 15 is 0 Å². The van der Waals surface area contributed by atoms with Gasteiger partial charge >= 0.3 is 0 Å². The summed E-state index contributed by atoms with van der Waals surface area (Å²) < 4.78 is 0. The molecule has 0 saturated heterocycles. The molecule has 0 fully saturated rings. The van der Waals surface area contributed by atoms with Crippen molar-refractivity contribution in [2.45, 2.75) is 6.92 Å². The van der Waals surface area contributed by atoms with E-state index in [1.54, 1.807) is 11.1 Å². The Hall–Kier alpha value is -1.49. The van der Waals surface area contributed by atoms with Gasteiger partial charge in [0.2, 0.25) is 0 Å². The fourth-order valence-electron chi connectivity index (χ4n) is 0.866. The van der Waals surface area contributed by atoms with E-state index in [0.717, 1.165) is 11.4 Å². The summed E-state index contributed by atoms with van der Waals surface area (Å²) in [5, 5.41) is 4.71. The van der Waals surface area contributed by atoms with Crippen LogP contribution in [0.25, 0.3) is 0 Å². The normalized spacial score (nSPS) is 11.0. The SMILES string of the molecule is C/C(=N/NC(=S)N(C)C)c1ccccn1. The van der Waals surface area contributed by atoms with Crippen molar-refractivity contribution in [3.63, 3.8) is 0 Å². The van der Waals surface area contributed by atoms with Crippen molar-refractivity contribution < 1.29 is 0 Å². The third-order valence-corrected chi connectivity index (χ3v) is 2.22. The highest BCUT2D eigenvalue weighted by Gasteiger charge is 1.99. The van der Waals surface area contributed by atoms with Crippen LogP contribution in [0.2, 0.25) is 0 Å². The average molecular weight is 222 g/mol. The second-order valence-electron chi connectivity index (χ2n) is 3.22. The van der Waals surface area contributed by atoms with Gasteiger partial charge in [-0.05, 0) is 31.3 Å². The van der Waals surface area contributed by atoms with Crippen LogP contribution in [0.1, 0.15) is 12.6 Å². The lowest BCUT2D eigenvalue weighted by atomic mass is 10.3. The molecule has 0 saturated carbocycles. The summed E-state index contributed by atoms with van der Waals surface area (Å²) in [7, 11) is 3.72. The second-order valence-corrected chi connectivity index (χ2v) is 3.61. The first-order valence-electron chi connectivity index (χ1n) is 4.54. The lowest BCUT2D eigenvalue weighted by Crippen LogP contribution is -2.31. The Morgan fingerprint density at radius 3 is 2.73 bits per heavy atom. The molecule has 0 amide bonds. The van der Waals surface area contributed by atoms with Crippen molar-refractivity contribution in [2.75, 3.05) is 14.1 Å². The number of hydrogen-bond donors (Lipinski definition) is 1. The van der Waals surface area contributed by atoms with Crippen LogP contribution in [0, 0.1) is 0 Å². The fraction of sp³-hybridized carbons (Fsp3) is 0.300. The number of hydrogen-bond acceptors (Lipinski definition) is 3. The standard InChI is InChI=1S/C10H14N4S/c1-8(9-6-4-5-7-11-9)12-13-10(15)14(2)3/h4-7H,1-3H3,(H,13,15)/b12-8-. The Bertz CT molecular complexity index is 359. The Morgan fingerprint density at radius 1 is 1.47 bits per heavy atom. The van der Waals surface area contributed by atoms with E-state index in [0.29, 0.717) is 5.11 Å². The van der Waals surface area contributed by atoms with Crippen molar-refractivity contribution in [1.82, 2.24) is 15.3 Å². The second kappa shape index (κ2) is 5.41. The van der Waals surface area contributed by atoms with E-state index in [1.165, 1.54) is 0 Å². The molecule has 0 bridgehead atoms. The molecule has 5 heteroatoms. The Morgan fingerprint density at radius 2 is 2.20 bits per heavy atom. The molecule has 0 aromatic carbocycles. The summed E-state index contributed by atoms with van der Waals surface area (Å²) in [6, 6.07) is 5.69. The molecule has 4 nitrogen and oxygen atoms in total. The van der Waals surface area contributed by atoms with Gasteiger partial charge in [0.1, 0.15) is 0 Å². The smallest absolute Gasteiger partial charge is 0.189 e. The lowest BCUT2D eigenvalue weighted by molar-refractivity contribution is 0.606. The van der Waals surface area contributed by atoms with Gasteiger partial charge in [0.05, 0.1) is 11.4 Å². The van der Waals surface area contributed by atoms with E-state index in [9.17, 15) is 0 Å². The largest absolute Gasteiger partial charge is 0.354 e. The van der Waals surface area contributed by atoms with Gasteiger partial charge in [0.25, 0.3) is 0 Å². The van der Waals surface area contributed by atoms with Crippen LogP contribution in [0.3, 0.4) is 0 Å². The summed E-state index contributed by atoms with van der Waals surface area (Å²) in [6.45, 7) is 1.88. The van der Waals surface area contributed by atoms with E-state index in [1.807, 2.05) is 39.2 Å². The molecule has 0 atom stereocenters. The number of rotatable bonds is 2. The minimum atomic E-state index is 0.574. The van der Waals surface area contributed by atoms with Gasteiger partial charge in [-0.25, -0.2) is 0 Å². The Kier molecular flexibility index (Phi) is 4.17. The number of nitrogens with zero attached hydrogens (tertiary/aromatic N) is 3. The van der Waals surface area contributed by atoms with E-state index in [2.05, 4.69) is 15.5 Å². The van der Waals surface area contributed by atoms with Gasteiger partial charge in [0.15, 0.2) is 5.11 Å². The van der Waals surface area contributed by atoms with Crippen molar-refractivity contribution in [3.05, 3.63) is 30.1 Å².